The van der Waals surface area contributed by atoms with Crippen molar-refractivity contribution in [2.24, 2.45) is 0 Å². The van der Waals surface area contributed by atoms with Gasteiger partial charge in [-0.3, -0.25) is 14.3 Å². The van der Waals surface area contributed by atoms with E-state index in [1.807, 2.05) is 4.98 Å². The van der Waals surface area contributed by atoms with Crippen LogP contribution in [0.5, 0.6) is 0 Å². The molecule has 0 aliphatic carbocycles. The van der Waals surface area contributed by atoms with Crippen LogP contribution in [0.3, 0.4) is 0 Å². The van der Waals surface area contributed by atoms with E-state index >= 15 is 0 Å². The summed E-state index contributed by atoms with van der Waals surface area (Å²) in [5.41, 5.74) is -1.67. The maximum Gasteiger partial charge on any atom is 0.331 e. The molecule has 0 amide bonds. The van der Waals surface area contributed by atoms with Gasteiger partial charge in [0.2, 0.25) is 0 Å². The second kappa shape index (κ2) is 6.26. The van der Waals surface area contributed by atoms with E-state index in [1.54, 1.807) is 0 Å². The molecule has 0 spiro atoms. The summed E-state index contributed by atoms with van der Waals surface area (Å²) in [5.74, 6) is 0. The zero-order valence-electron chi connectivity index (χ0n) is 10.7. The Bertz CT molecular complexity index is 712. The predicted octanol–water partition coefficient (Wildman–Crippen LogP) is -3.71. The van der Waals surface area contributed by atoms with Crippen LogP contribution < -0.4 is 21.0 Å². The molecule has 2 rings (SSSR count). The Morgan fingerprint density at radius 1 is 1.41 bits per heavy atom. The summed E-state index contributed by atoms with van der Waals surface area (Å²) in [6, 6.07) is 0.945. The molecule has 4 atom stereocenters. The lowest BCUT2D eigenvalue weighted by Crippen LogP contribution is -2.38. The number of phosphoric ester groups is 1. The highest BCUT2D eigenvalue weighted by atomic mass is 32.1. The van der Waals surface area contributed by atoms with E-state index in [0.717, 1.165) is 10.6 Å². The fourth-order valence-electron chi connectivity index (χ4n) is 1.98. The van der Waals surface area contributed by atoms with Crippen molar-refractivity contribution in [1.82, 2.24) is 9.55 Å². The maximum atomic E-state index is 11.7. The van der Waals surface area contributed by atoms with Gasteiger partial charge in [-0.15, -0.1) is 12.6 Å². The van der Waals surface area contributed by atoms with Crippen LogP contribution in [0, 0.1) is 0 Å². The SMILES string of the molecule is O=c1cc(S)n([C@@H]2O[C@H](COP(=O)([O-])[O-])[C@@H](O)[C@H]2O)c(=O)[nH]1. The molecule has 13 heteroatoms. The van der Waals surface area contributed by atoms with Gasteiger partial charge in [-0.1, -0.05) is 0 Å². The number of nitrogens with one attached hydrogen (secondary N) is 1. The number of hydrogen-bond acceptors (Lipinski definition) is 10. The van der Waals surface area contributed by atoms with Crippen LogP contribution in [0.2, 0.25) is 0 Å². The van der Waals surface area contributed by atoms with Crippen LogP contribution in [-0.4, -0.2) is 44.7 Å². The largest absolute Gasteiger partial charge is 0.790 e. The molecule has 1 aromatic heterocycles. The van der Waals surface area contributed by atoms with Crippen LogP contribution >= 0.6 is 20.5 Å². The van der Waals surface area contributed by atoms with Crippen LogP contribution in [0.4, 0.5) is 0 Å². The van der Waals surface area contributed by atoms with E-state index < -0.39 is 50.2 Å². The van der Waals surface area contributed by atoms with Gasteiger partial charge in [-0.05, 0) is 0 Å². The van der Waals surface area contributed by atoms with Gasteiger partial charge in [0.25, 0.3) is 5.56 Å². The third-order valence-corrected chi connectivity index (χ3v) is 3.75. The predicted molar refractivity (Wildman–Crippen MR) is 68.1 cm³/mol. The molecule has 0 radical (unpaired) electrons. The number of phosphoric acid groups is 1. The summed E-state index contributed by atoms with van der Waals surface area (Å²) < 4.78 is 20.3. The molecule has 0 saturated carbocycles. The molecule has 124 valence electrons. The minimum Gasteiger partial charge on any atom is -0.790 e. The minimum absolute atomic E-state index is 0.148. The molecule has 0 bridgehead atoms. The molecule has 1 saturated heterocycles. The first-order valence-electron chi connectivity index (χ1n) is 5.83. The average Bonchev–Trinajstić information content (AvgIpc) is 2.63. The fraction of sp³-hybridized carbons (Fsp3) is 0.556. The average molecular weight is 354 g/mol. The normalized spacial score (nSPS) is 29.0. The number of aromatic amines is 1. The molecule has 0 aromatic carbocycles. The molecule has 0 unspecified atom stereocenters. The van der Waals surface area contributed by atoms with E-state index in [4.69, 9.17) is 4.74 Å². The number of aliphatic hydroxyl groups is 2. The Morgan fingerprint density at radius 3 is 2.59 bits per heavy atom. The van der Waals surface area contributed by atoms with Crippen molar-refractivity contribution >= 4 is 20.5 Å². The first kappa shape index (κ1) is 17.4. The molecule has 11 nitrogen and oxygen atoms in total. The second-order valence-electron chi connectivity index (χ2n) is 4.46. The van der Waals surface area contributed by atoms with E-state index in [0.29, 0.717) is 0 Å². The van der Waals surface area contributed by atoms with Gasteiger partial charge >= 0.3 is 5.69 Å². The highest BCUT2D eigenvalue weighted by molar-refractivity contribution is 7.80. The van der Waals surface area contributed by atoms with Gasteiger partial charge in [0, 0.05) is 6.07 Å². The lowest BCUT2D eigenvalue weighted by molar-refractivity contribution is -0.343. The number of ether oxygens (including phenoxy) is 1. The number of thiol groups is 1. The highest BCUT2D eigenvalue weighted by Gasteiger charge is 2.44. The summed E-state index contributed by atoms with van der Waals surface area (Å²) in [6.07, 6.45) is -6.08. The number of H-pyrrole nitrogens is 1. The van der Waals surface area contributed by atoms with Crippen molar-refractivity contribution in [3.63, 3.8) is 0 Å². The van der Waals surface area contributed by atoms with Gasteiger partial charge in [0.05, 0.1) is 19.5 Å². The van der Waals surface area contributed by atoms with Gasteiger partial charge in [-0.2, -0.15) is 0 Å². The third kappa shape index (κ3) is 3.67. The smallest absolute Gasteiger partial charge is 0.331 e. The van der Waals surface area contributed by atoms with E-state index in [-0.39, 0.29) is 5.03 Å². The number of hydrogen-bond donors (Lipinski definition) is 4. The standard InChI is InChI=1S/C9H13N2O9PS/c12-4-1-5(22)11(9(15)10-4)8-7(14)6(13)3(20-8)2-19-21(16,17)18/h1,3,6-8,13-14,22H,2H2,(H,10,12,15)(H2,16,17,18)/p-2/t3-,6-,7-,8-/m1/s1. The Kier molecular flexibility index (Phi) is 4.94. The van der Waals surface area contributed by atoms with Crippen molar-refractivity contribution in [3.8, 4) is 0 Å². The maximum absolute atomic E-state index is 11.7. The summed E-state index contributed by atoms with van der Waals surface area (Å²) in [6.45, 7) is -0.834. The van der Waals surface area contributed by atoms with E-state index in [1.165, 1.54) is 0 Å². The van der Waals surface area contributed by atoms with Crippen LogP contribution in [0.1, 0.15) is 6.23 Å². The van der Waals surface area contributed by atoms with Crippen molar-refractivity contribution < 1.29 is 33.8 Å². The Hall–Kier alpha value is -0.980. The summed E-state index contributed by atoms with van der Waals surface area (Å²) >= 11 is 3.90. The van der Waals surface area contributed by atoms with E-state index in [2.05, 4.69) is 17.2 Å². The molecule has 22 heavy (non-hydrogen) atoms. The number of nitrogens with zero attached hydrogens (tertiary/aromatic N) is 1. The van der Waals surface area contributed by atoms with Gasteiger partial charge < -0.3 is 33.8 Å². The molecular formula is C9H11N2O9PS-2. The first-order chi connectivity index (χ1) is 10.1. The highest BCUT2D eigenvalue weighted by Crippen LogP contribution is 2.33. The molecule has 1 fully saturated rings. The number of aromatic nitrogens is 2. The molecular weight excluding hydrogens is 343 g/mol. The van der Waals surface area contributed by atoms with Crippen LogP contribution in [0.15, 0.2) is 20.7 Å². The molecule has 1 aliphatic heterocycles. The topological polar surface area (TPSA) is 177 Å². The number of rotatable bonds is 4. The van der Waals surface area contributed by atoms with Crippen molar-refractivity contribution in [1.29, 1.82) is 0 Å². The monoisotopic (exact) mass is 354 g/mol. The van der Waals surface area contributed by atoms with Crippen LogP contribution in [-0.2, 0) is 13.8 Å². The van der Waals surface area contributed by atoms with Crippen molar-refractivity contribution in [2.75, 3.05) is 6.61 Å². The van der Waals surface area contributed by atoms with Gasteiger partial charge in [-0.25, -0.2) is 4.79 Å². The quantitative estimate of drug-likeness (QED) is 0.240. The van der Waals surface area contributed by atoms with Gasteiger partial charge in [0.15, 0.2) is 6.23 Å². The third-order valence-electron chi connectivity index (χ3n) is 2.94. The zero-order chi connectivity index (χ0) is 16.7. The number of aliphatic hydroxyl groups excluding tert-OH is 2. The minimum atomic E-state index is -5.29. The van der Waals surface area contributed by atoms with Crippen molar-refractivity contribution in [3.05, 3.63) is 26.9 Å². The Morgan fingerprint density at radius 2 is 2.05 bits per heavy atom. The summed E-state index contributed by atoms with van der Waals surface area (Å²) in [7, 11) is -5.29. The molecule has 3 N–H and O–H groups in total. The van der Waals surface area contributed by atoms with Crippen LogP contribution in [0.25, 0.3) is 0 Å². The van der Waals surface area contributed by atoms with Crippen molar-refractivity contribution in [2.45, 2.75) is 29.6 Å². The first-order valence-corrected chi connectivity index (χ1v) is 7.74. The lowest BCUT2D eigenvalue weighted by atomic mass is 10.1. The Balaban J connectivity index is 2.26. The van der Waals surface area contributed by atoms with Gasteiger partial charge in [0.1, 0.15) is 18.3 Å². The van der Waals surface area contributed by atoms with E-state index in [9.17, 15) is 34.2 Å². The fourth-order valence-corrected chi connectivity index (χ4v) is 2.63. The zero-order valence-corrected chi connectivity index (χ0v) is 12.5. The summed E-state index contributed by atoms with van der Waals surface area (Å²) in [4.78, 5) is 45.6. The Labute approximate surface area is 127 Å². The molecule has 1 aromatic rings. The summed E-state index contributed by atoms with van der Waals surface area (Å²) in [5, 5.41) is 19.5. The molecule has 2 heterocycles. The lowest BCUT2D eigenvalue weighted by Gasteiger charge is -2.30. The second-order valence-corrected chi connectivity index (χ2v) is 6.07. The molecule has 1 aliphatic rings.